The van der Waals surface area contributed by atoms with E-state index in [1.54, 1.807) is 36.1 Å². The van der Waals surface area contributed by atoms with Gasteiger partial charge < -0.3 is 15.7 Å². The maximum Gasteiger partial charge on any atom is 0.308 e. The van der Waals surface area contributed by atoms with Crippen molar-refractivity contribution in [1.29, 1.82) is 0 Å². The van der Waals surface area contributed by atoms with Crippen LogP contribution in [0, 0.1) is 5.92 Å². The molecule has 2 atom stereocenters. The van der Waals surface area contributed by atoms with Gasteiger partial charge in [-0.3, -0.25) is 9.59 Å². The van der Waals surface area contributed by atoms with Gasteiger partial charge in [-0.05, 0) is 37.6 Å². The summed E-state index contributed by atoms with van der Waals surface area (Å²) in [5.41, 5.74) is 6.71. The van der Waals surface area contributed by atoms with Gasteiger partial charge in [0, 0.05) is 23.8 Å². The number of aliphatic carboxylic acids is 1. The normalized spacial score (nSPS) is 23.1. The quantitative estimate of drug-likeness (QED) is 0.770. The third-order valence-corrected chi connectivity index (χ3v) is 3.49. The molecule has 1 heterocycles. The van der Waals surface area contributed by atoms with Crippen LogP contribution in [0.3, 0.4) is 0 Å². The number of anilines is 1. The summed E-state index contributed by atoms with van der Waals surface area (Å²) in [6.07, 6.45) is 0.511. The number of nitrogens with two attached hydrogens (primary N) is 1. The molecule has 1 fully saturated rings. The molecule has 0 bridgehead atoms. The summed E-state index contributed by atoms with van der Waals surface area (Å²) in [4.78, 5) is 24.9. The van der Waals surface area contributed by atoms with E-state index in [4.69, 9.17) is 10.8 Å². The Balaban J connectivity index is 2.15. The molecule has 5 heteroatoms. The first kappa shape index (κ1) is 12.4. The van der Waals surface area contributed by atoms with E-state index >= 15 is 0 Å². The highest BCUT2D eigenvalue weighted by Crippen LogP contribution is 2.26. The van der Waals surface area contributed by atoms with Crippen molar-refractivity contribution in [2.45, 2.75) is 19.4 Å². The lowest BCUT2D eigenvalue weighted by atomic mass is 10.0. The highest BCUT2D eigenvalue weighted by molar-refractivity contribution is 5.95. The second-order valence-electron chi connectivity index (χ2n) is 4.59. The average Bonchev–Trinajstić information content (AvgIpc) is 2.71. The molecule has 1 saturated heterocycles. The zero-order valence-electron chi connectivity index (χ0n) is 10.2. The van der Waals surface area contributed by atoms with Crippen molar-refractivity contribution in [3.63, 3.8) is 0 Å². The van der Waals surface area contributed by atoms with Crippen molar-refractivity contribution in [3.05, 3.63) is 29.8 Å². The van der Waals surface area contributed by atoms with Gasteiger partial charge >= 0.3 is 5.97 Å². The molecule has 5 nitrogen and oxygen atoms in total. The minimum absolute atomic E-state index is 0.133. The lowest BCUT2D eigenvalue weighted by molar-refractivity contribution is -0.142. The monoisotopic (exact) mass is 248 g/mol. The van der Waals surface area contributed by atoms with E-state index in [0.717, 1.165) is 0 Å². The van der Waals surface area contributed by atoms with Crippen molar-refractivity contribution in [1.82, 2.24) is 4.90 Å². The van der Waals surface area contributed by atoms with Crippen LogP contribution in [0.15, 0.2) is 24.3 Å². The molecule has 1 aliphatic heterocycles. The Bertz CT molecular complexity index is 470. The predicted molar refractivity (Wildman–Crippen MR) is 67.1 cm³/mol. The lowest BCUT2D eigenvalue weighted by Gasteiger charge is -2.23. The van der Waals surface area contributed by atoms with Gasteiger partial charge in [-0.1, -0.05) is 0 Å². The fraction of sp³-hybridized carbons (Fsp3) is 0.385. The Morgan fingerprint density at radius 1 is 1.33 bits per heavy atom. The number of amides is 1. The van der Waals surface area contributed by atoms with Crippen LogP contribution in [-0.4, -0.2) is 34.5 Å². The summed E-state index contributed by atoms with van der Waals surface area (Å²) >= 11 is 0. The number of likely N-dealkylation sites (tertiary alicyclic amines) is 1. The van der Waals surface area contributed by atoms with Crippen molar-refractivity contribution >= 4 is 17.6 Å². The van der Waals surface area contributed by atoms with Gasteiger partial charge in [0.25, 0.3) is 5.91 Å². The number of carbonyl (C=O) groups is 2. The molecule has 96 valence electrons. The van der Waals surface area contributed by atoms with Gasteiger partial charge in [-0.15, -0.1) is 0 Å². The van der Waals surface area contributed by atoms with E-state index in [9.17, 15) is 9.59 Å². The molecule has 2 unspecified atom stereocenters. The molecule has 0 aliphatic carbocycles. The molecule has 1 aromatic rings. The van der Waals surface area contributed by atoms with Crippen LogP contribution < -0.4 is 5.73 Å². The molecule has 2 rings (SSSR count). The first-order valence-electron chi connectivity index (χ1n) is 5.90. The van der Waals surface area contributed by atoms with Crippen LogP contribution in [0.2, 0.25) is 0 Å². The SMILES string of the molecule is CC1C(C(=O)O)CCN1C(=O)c1ccc(N)cc1. The molecule has 1 aliphatic rings. The second-order valence-corrected chi connectivity index (χ2v) is 4.59. The maximum atomic E-state index is 12.2. The lowest BCUT2D eigenvalue weighted by Crippen LogP contribution is -2.37. The highest BCUT2D eigenvalue weighted by atomic mass is 16.4. The molecule has 1 amide bonds. The number of hydrogen-bond donors (Lipinski definition) is 2. The van der Waals surface area contributed by atoms with Gasteiger partial charge in [0.15, 0.2) is 0 Å². The van der Waals surface area contributed by atoms with Crippen LogP contribution in [0.5, 0.6) is 0 Å². The Labute approximate surface area is 105 Å². The molecule has 0 aromatic heterocycles. The minimum atomic E-state index is -0.838. The van der Waals surface area contributed by atoms with Crippen LogP contribution in [0.25, 0.3) is 0 Å². The summed E-state index contributed by atoms with van der Waals surface area (Å²) in [6, 6.07) is 6.40. The first-order valence-corrected chi connectivity index (χ1v) is 5.90. The third kappa shape index (κ3) is 2.16. The van der Waals surface area contributed by atoms with Gasteiger partial charge in [-0.2, -0.15) is 0 Å². The zero-order chi connectivity index (χ0) is 13.3. The minimum Gasteiger partial charge on any atom is -0.481 e. The van der Waals surface area contributed by atoms with Crippen molar-refractivity contribution < 1.29 is 14.7 Å². The smallest absolute Gasteiger partial charge is 0.308 e. The van der Waals surface area contributed by atoms with Crippen LogP contribution >= 0.6 is 0 Å². The van der Waals surface area contributed by atoms with Gasteiger partial charge in [0.05, 0.1) is 5.92 Å². The molecule has 0 saturated carbocycles. The van der Waals surface area contributed by atoms with E-state index in [1.807, 2.05) is 0 Å². The van der Waals surface area contributed by atoms with Gasteiger partial charge in [-0.25, -0.2) is 0 Å². The Hall–Kier alpha value is -2.04. The number of rotatable bonds is 2. The maximum absolute atomic E-state index is 12.2. The number of nitrogens with zero attached hydrogens (tertiary/aromatic N) is 1. The number of benzene rings is 1. The third-order valence-electron chi connectivity index (χ3n) is 3.49. The molecular weight excluding hydrogens is 232 g/mol. The molecule has 1 aromatic carbocycles. The predicted octanol–water partition coefficient (Wildman–Crippen LogP) is 1.20. The fourth-order valence-electron chi connectivity index (χ4n) is 2.35. The largest absolute Gasteiger partial charge is 0.481 e. The number of carbonyl (C=O) groups excluding carboxylic acids is 1. The molecular formula is C13H16N2O3. The highest BCUT2D eigenvalue weighted by Gasteiger charge is 2.38. The molecule has 3 N–H and O–H groups in total. The number of carboxylic acid groups (broad SMARTS) is 1. The van der Waals surface area contributed by atoms with Crippen molar-refractivity contribution in [2.75, 3.05) is 12.3 Å². The standard InChI is InChI=1S/C13H16N2O3/c1-8-11(13(17)18)6-7-15(8)12(16)9-2-4-10(14)5-3-9/h2-5,8,11H,6-7,14H2,1H3,(H,17,18). The summed E-state index contributed by atoms with van der Waals surface area (Å²) in [6.45, 7) is 2.27. The van der Waals surface area contributed by atoms with Crippen molar-refractivity contribution in [3.8, 4) is 0 Å². The average molecular weight is 248 g/mol. The Kier molecular flexibility index (Phi) is 3.23. The zero-order valence-corrected chi connectivity index (χ0v) is 10.2. The van der Waals surface area contributed by atoms with Crippen LogP contribution in [0.4, 0.5) is 5.69 Å². The molecule has 0 spiro atoms. The Morgan fingerprint density at radius 2 is 1.94 bits per heavy atom. The van der Waals surface area contributed by atoms with Gasteiger partial charge in [0.1, 0.15) is 0 Å². The molecule has 18 heavy (non-hydrogen) atoms. The second kappa shape index (κ2) is 4.68. The summed E-state index contributed by atoms with van der Waals surface area (Å²) in [5.74, 6) is -1.44. The van der Waals surface area contributed by atoms with E-state index < -0.39 is 11.9 Å². The van der Waals surface area contributed by atoms with Gasteiger partial charge in [0.2, 0.25) is 0 Å². The number of hydrogen-bond acceptors (Lipinski definition) is 3. The van der Waals surface area contributed by atoms with Crippen LogP contribution in [-0.2, 0) is 4.79 Å². The topological polar surface area (TPSA) is 83.6 Å². The van der Waals surface area contributed by atoms with E-state index in [1.165, 1.54) is 0 Å². The van der Waals surface area contributed by atoms with E-state index in [-0.39, 0.29) is 11.9 Å². The van der Waals surface area contributed by atoms with E-state index in [0.29, 0.717) is 24.2 Å². The first-order chi connectivity index (χ1) is 8.50. The number of carboxylic acids is 1. The summed E-state index contributed by atoms with van der Waals surface area (Å²) in [7, 11) is 0. The summed E-state index contributed by atoms with van der Waals surface area (Å²) in [5, 5.41) is 9.04. The fourth-order valence-corrected chi connectivity index (χ4v) is 2.35. The number of nitrogen functional groups attached to an aromatic ring is 1. The van der Waals surface area contributed by atoms with Crippen molar-refractivity contribution in [2.24, 2.45) is 5.92 Å². The Morgan fingerprint density at radius 3 is 2.44 bits per heavy atom. The van der Waals surface area contributed by atoms with E-state index in [2.05, 4.69) is 0 Å². The molecule has 0 radical (unpaired) electrons. The van der Waals surface area contributed by atoms with Crippen LogP contribution in [0.1, 0.15) is 23.7 Å². The summed E-state index contributed by atoms with van der Waals surface area (Å²) < 4.78 is 0.